The molecular formula is C33H35ClFN9O4. The van der Waals surface area contributed by atoms with Crippen molar-refractivity contribution in [2.24, 2.45) is 5.73 Å². The van der Waals surface area contributed by atoms with Crippen LogP contribution in [0.4, 0.5) is 20.7 Å². The zero-order valence-electron chi connectivity index (χ0n) is 26.4. The Morgan fingerprint density at radius 1 is 1.15 bits per heavy atom. The predicted octanol–water partition coefficient (Wildman–Crippen LogP) is 4.07. The SMILES string of the molecule is Cc1cc(Nc2nccn3c(-c4ccc(OCC#N)c(F)c4Cl)cnc23)ccc1C(=O)N1CCN(C(=O)N2CCOC(CCN)C2)CC1. The summed E-state index contributed by atoms with van der Waals surface area (Å²) in [7, 11) is 0. The van der Waals surface area contributed by atoms with Crippen LogP contribution in [0.15, 0.2) is 48.9 Å². The number of urea groups is 1. The summed E-state index contributed by atoms with van der Waals surface area (Å²) in [4.78, 5) is 41.0. The maximum Gasteiger partial charge on any atom is 0.320 e. The minimum Gasteiger partial charge on any atom is -0.476 e. The fourth-order valence-corrected chi connectivity index (χ4v) is 6.25. The molecule has 3 amide bonds. The Labute approximate surface area is 281 Å². The summed E-state index contributed by atoms with van der Waals surface area (Å²) in [5, 5.41) is 11.9. The number of morpholine rings is 1. The molecule has 2 fully saturated rings. The lowest BCUT2D eigenvalue weighted by Crippen LogP contribution is -2.56. The van der Waals surface area contributed by atoms with Gasteiger partial charge in [0, 0.05) is 68.5 Å². The molecule has 0 radical (unpaired) electrons. The highest BCUT2D eigenvalue weighted by atomic mass is 35.5. The molecule has 0 aliphatic carbocycles. The molecule has 4 heterocycles. The highest BCUT2D eigenvalue weighted by Crippen LogP contribution is 2.36. The number of piperazine rings is 1. The molecule has 15 heteroatoms. The van der Waals surface area contributed by atoms with Gasteiger partial charge < -0.3 is 35.2 Å². The van der Waals surface area contributed by atoms with Gasteiger partial charge in [-0.05, 0) is 55.8 Å². The number of carbonyl (C=O) groups excluding carboxylic acids is 2. The Bertz CT molecular complexity index is 1870. The second-order valence-corrected chi connectivity index (χ2v) is 11.9. The first-order valence-electron chi connectivity index (χ1n) is 15.6. The van der Waals surface area contributed by atoms with Crippen molar-refractivity contribution in [3.63, 3.8) is 0 Å². The average Bonchev–Trinajstić information content (AvgIpc) is 3.54. The fraction of sp³-hybridized carbons (Fsp3) is 0.364. The molecule has 0 saturated carbocycles. The molecule has 2 saturated heterocycles. The van der Waals surface area contributed by atoms with Crippen LogP contribution in [0.25, 0.3) is 16.9 Å². The van der Waals surface area contributed by atoms with Crippen LogP contribution in [0.1, 0.15) is 22.3 Å². The van der Waals surface area contributed by atoms with Crippen molar-refractivity contribution in [2.75, 3.05) is 64.3 Å². The van der Waals surface area contributed by atoms with Crippen molar-refractivity contribution in [3.05, 3.63) is 70.9 Å². The second-order valence-electron chi connectivity index (χ2n) is 11.5. The van der Waals surface area contributed by atoms with Crippen LogP contribution in [0.3, 0.4) is 0 Å². The molecular weight excluding hydrogens is 641 g/mol. The Morgan fingerprint density at radius 3 is 2.69 bits per heavy atom. The first-order valence-corrected chi connectivity index (χ1v) is 16.0. The number of aryl methyl sites for hydroxylation is 1. The molecule has 1 atom stereocenters. The second kappa shape index (κ2) is 14.4. The van der Waals surface area contributed by atoms with Crippen LogP contribution >= 0.6 is 11.6 Å². The molecule has 48 heavy (non-hydrogen) atoms. The number of hydrogen-bond donors (Lipinski definition) is 2. The third-order valence-corrected chi connectivity index (χ3v) is 8.87. The van der Waals surface area contributed by atoms with Gasteiger partial charge in [-0.15, -0.1) is 0 Å². The maximum atomic E-state index is 14.9. The molecule has 1 unspecified atom stereocenters. The zero-order valence-corrected chi connectivity index (χ0v) is 27.1. The van der Waals surface area contributed by atoms with Crippen molar-refractivity contribution >= 4 is 40.7 Å². The van der Waals surface area contributed by atoms with Crippen LogP contribution in [0.2, 0.25) is 5.02 Å². The number of nitriles is 1. The number of carbonyl (C=O) groups is 2. The van der Waals surface area contributed by atoms with E-state index in [0.29, 0.717) is 92.8 Å². The average molecular weight is 676 g/mol. The number of rotatable bonds is 8. The Morgan fingerprint density at radius 2 is 1.94 bits per heavy atom. The van der Waals surface area contributed by atoms with Crippen molar-refractivity contribution in [2.45, 2.75) is 19.4 Å². The minimum absolute atomic E-state index is 0.0259. The maximum absolute atomic E-state index is 14.9. The number of imidazole rings is 1. The highest BCUT2D eigenvalue weighted by molar-refractivity contribution is 6.33. The molecule has 0 bridgehead atoms. The molecule has 0 spiro atoms. The van der Waals surface area contributed by atoms with E-state index in [1.54, 1.807) is 57.1 Å². The molecule has 3 N–H and O–H groups in total. The van der Waals surface area contributed by atoms with E-state index in [1.807, 2.05) is 17.9 Å². The number of hydrogen-bond acceptors (Lipinski definition) is 9. The number of amides is 3. The zero-order chi connectivity index (χ0) is 33.8. The molecule has 250 valence electrons. The van der Waals surface area contributed by atoms with Gasteiger partial charge in [0.25, 0.3) is 5.91 Å². The summed E-state index contributed by atoms with van der Waals surface area (Å²) in [5.41, 5.74) is 9.12. The third kappa shape index (κ3) is 6.70. The van der Waals surface area contributed by atoms with Crippen LogP contribution in [0.5, 0.6) is 5.75 Å². The first kappa shape index (κ1) is 33.0. The van der Waals surface area contributed by atoms with Crippen molar-refractivity contribution in [1.29, 1.82) is 5.26 Å². The van der Waals surface area contributed by atoms with Crippen LogP contribution in [-0.4, -0.2) is 106 Å². The number of fused-ring (bicyclic) bond motifs is 1. The summed E-state index contributed by atoms with van der Waals surface area (Å²) in [6.07, 6.45) is 5.52. The summed E-state index contributed by atoms with van der Waals surface area (Å²) in [6.45, 7) is 5.47. The van der Waals surface area contributed by atoms with Gasteiger partial charge in [0.2, 0.25) is 0 Å². The molecule has 2 aromatic heterocycles. The van der Waals surface area contributed by atoms with Gasteiger partial charge in [0.1, 0.15) is 6.07 Å². The van der Waals surface area contributed by atoms with E-state index in [0.717, 1.165) is 5.56 Å². The predicted molar refractivity (Wildman–Crippen MR) is 177 cm³/mol. The third-order valence-electron chi connectivity index (χ3n) is 8.50. The van der Waals surface area contributed by atoms with Gasteiger partial charge in [-0.1, -0.05) is 11.6 Å². The number of ether oxygens (including phenoxy) is 2. The van der Waals surface area contributed by atoms with Gasteiger partial charge in [-0.2, -0.15) is 5.26 Å². The van der Waals surface area contributed by atoms with E-state index in [-0.39, 0.29) is 35.4 Å². The topological polar surface area (TPSA) is 154 Å². The van der Waals surface area contributed by atoms with Crippen LogP contribution < -0.4 is 15.8 Å². The summed E-state index contributed by atoms with van der Waals surface area (Å²) >= 11 is 6.35. The molecule has 2 aliphatic rings. The molecule has 2 aliphatic heterocycles. The number of nitrogens with two attached hydrogens (primary N) is 1. The van der Waals surface area contributed by atoms with E-state index < -0.39 is 5.82 Å². The van der Waals surface area contributed by atoms with Crippen molar-refractivity contribution in [3.8, 4) is 23.1 Å². The summed E-state index contributed by atoms with van der Waals surface area (Å²) < 4.78 is 27.4. The summed E-state index contributed by atoms with van der Waals surface area (Å²) in [6, 6.07) is 10.2. The first-order chi connectivity index (χ1) is 23.3. The lowest BCUT2D eigenvalue weighted by molar-refractivity contribution is -0.0229. The van der Waals surface area contributed by atoms with E-state index in [2.05, 4.69) is 15.3 Å². The van der Waals surface area contributed by atoms with Crippen molar-refractivity contribution in [1.82, 2.24) is 29.1 Å². The monoisotopic (exact) mass is 675 g/mol. The Hall–Kier alpha value is -4.97. The number of nitrogens with zero attached hydrogens (tertiary/aromatic N) is 7. The molecule has 2 aromatic carbocycles. The van der Waals surface area contributed by atoms with Gasteiger partial charge in [0.05, 0.1) is 29.6 Å². The Kier molecular flexibility index (Phi) is 9.90. The molecule has 13 nitrogen and oxygen atoms in total. The van der Waals surface area contributed by atoms with Crippen LogP contribution in [0, 0.1) is 24.1 Å². The molecule has 6 rings (SSSR count). The largest absolute Gasteiger partial charge is 0.476 e. The summed E-state index contributed by atoms with van der Waals surface area (Å²) in [5.74, 6) is -0.523. The van der Waals surface area contributed by atoms with E-state index in [4.69, 9.17) is 32.1 Å². The number of nitrogens with one attached hydrogen (secondary N) is 1. The fourth-order valence-electron chi connectivity index (χ4n) is 6.00. The lowest BCUT2D eigenvalue weighted by Gasteiger charge is -2.40. The quantitative estimate of drug-likeness (QED) is 0.281. The highest BCUT2D eigenvalue weighted by Gasteiger charge is 2.31. The van der Waals surface area contributed by atoms with E-state index >= 15 is 0 Å². The number of anilines is 2. The molecule has 4 aromatic rings. The van der Waals surface area contributed by atoms with Gasteiger partial charge >= 0.3 is 6.03 Å². The Balaban J connectivity index is 1.11. The van der Waals surface area contributed by atoms with Crippen LogP contribution in [-0.2, 0) is 4.74 Å². The standard InChI is InChI=1S/C33H35ClFN9O4/c1-21-18-22(2-3-24(21)32(45)41-11-13-42(14-12-41)33(46)43-15-17-47-23(20-43)6-7-36)40-30-31-39-19-26(44(31)10-9-38-30)25-4-5-27(48-16-8-37)29(35)28(25)34/h2-5,9-10,18-19,23H,6-7,11-17,20,36H2,1H3,(H,38,40). The van der Waals surface area contributed by atoms with Crippen molar-refractivity contribution < 1.29 is 23.5 Å². The number of halogens is 2. The smallest absolute Gasteiger partial charge is 0.320 e. The van der Waals surface area contributed by atoms with E-state index in [1.165, 1.54) is 6.07 Å². The lowest BCUT2D eigenvalue weighted by atomic mass is 10.1. The number of benzene rings is 2. The number of aromatic nitrogens is 3. The van der Waals surface area contributed by atoms with Gasteiger partial charge in [-0.3, -0.25) is 9.20 Å². The van der Waals surface area contributed by atoms with Gasteiger partial charge in [-0.25, -0.2) is 19.2 Å². The van der Waals surface area contributed by atoms with Gasteiger partial charge in [0.15, 0.2) is 29.6 Å². The van der Waals surface area contributed by atoms with E-state index in [9.17, 15) is 14.0 Å². The normalized spacial score (nSPS) is 16.6. The minimum atomic E-state index is -0.767.